The number of ether oxygens (including phenoxy) is 2. The highest BCUT2D eigenvalue weighted by Crippen LogP contribution is 2.30. The zero-order chi connectivity index (χ0) is 15.5. The molecule has 0 bridgehead atoms. The van der Waals surface area contributed by atoms with Gasteiger partial charge in [-0.25, -0.2) is 0 Å². The number of hydrogen-bond acceptors (Lipinski definition) is 5. The van der Waals surface area contributed by atoms with Crippen molar-refractivity contribution in [3.8, 4) is 17.1 Å². The van der Waals surface area contributed by atoms with Gasteiger partial charge in [-0.05, 0) is 49.3 Å². The maximum absolute atomic E-state index is 11.5. The molecule has 1 N–H and O–H groups in total. The Morgan fingerprint density at radius 3 is 2.77 bits per heavy atom. The number of nitrogens with one attached hydrogen (secondary N) is 1. The largest absolute Gasteiger partial charge is 0.497 e. The fraction of sp³-hybridized carbons (Fsp3) is 0.400. The molecule has 0 spiro atoms. The minimum Gasteiger partial charge on any atom is -0.497 e. The summed E-state index contributed by atoms with van der Waals surface area (Å²) >= 11 is 5.22. The summed E-state index contributed by atoms with van der Waals surface area (Å²) in [6.07, 6.45) is 1.90. The molecule has 1 saturated carbocycles. The van der Waals surface area contributed by atoms with Crippen molar-refractivity contribution in [2.45, 2.75) is 19.4 Å². The van der Waals surface area contributed by atoms with Crippen LogP contribution in [-0.2, 0) is 16.1 Å². The third-order valence-corrected chi connectivity index (χ3v) is 3.82. The molecule has 1 aliphatic rings. The van der Waals surface area contributed by atoms with Crippen molar-refractivity contribution in [3.05, 3.63) is 29.0 Å². The number of aromatic amines is 1. The van der Waals surface area contributed by atoms with Gasteiger partial charge in [0.15, 0.2) is 5.82 Å². The second-order valence-electron chi connectivity index (χ2n) is 5.18. The van der Waals surface area contributed by atoms with E-state index in [1.54, 1.807) is 11.8 Å². The number of carbonyl (C=O) groups excluding carboxylic acids is 1. The van der Waals surface area contributed by atoms with Crippen LogP contribution in [0.1, 0.15) is 12.8 Å². The van der Waals surface area contributed by atoms with Crippen molar-refractivity contribution in [1.82, 2.24) is 14.8 Å². The van der Waals surface area contributed by atoms with Crippen LogP contribution in [0.4, 0.5) is 0 Å². The molecule has 116 valence electrons. The molecule has 0 radical (unpaired) electrons. The van der Waals surface area contributed by atoms with Crippen molar-refractivity contribution in [2.75, 3.05) is 13.7 Å². The maximum Gasteiger partial charge on any atom is 0.308 e. The molecule has 7 heteroatoms. The lowest BCUT2D eigenvalue weighted by Crippen LogP contribution is -2.13. The standard InChI is InChI=1S/C15H17N3O3S/c1-20-12-6-4-10(5-7-12)13-16-15(22)18(17-13)8-9-21-14(19)11-2-3-11/h4-7,11H,2-3,8-9H2,1H3,(H,16,17,22). The Bertz CT molecular complexity index is 716. The predicted molar refractivity (Wildman–Crippen MR) is 83.1 cm³/mol. The molecular formula is C15H17N3O3S. The fourth-order valence-electron chi connectivity index (χ4n) is 2.06. The van der Waals surface area contributed by atoms with Gasteiger partial charge in [-0.1, -0.05) is 0 Å². The van der Waals surface area contributed by atoms with E-state index >= 15 is 0 Å². The van der Waals surface area contributed by atoms with Crippen LogP contribution in [-0.4, -0.2) is 34.5 Å². The highest BCUT2D eigenvalue weighted by Gasteiger charge is 2.31. The summed E-state index contributed by atoms with van der Waals surface area (Å²) in [4.78, 5) is 15.8. The van der Waals surface area contributed by atoms with Gasteiger partial charge in [0, 0.05) is 5.56 Å². The van der Waals surface area contributed by atoms with Crippen molar-refractivity contribution in [1.29, 1.82) is 0 Å². The first-order valence-corrected chi connectivity index (χ1v) is 7.56. The molecule has 2 aromatic rings. The quantitative estimate of drug-likeness (QED) is 0.654. The van der Waals surface area contributed by atoms with Crippen LogP contribution in [0.3, 0.4) is 0 Å². The van der Waals surface area contributed by atoms with Crippen LogP contribution in [0.25, 0.3) is 11.4 Å². The summed E-state index contributed by atoms with van der Waals surface area (Å²) in [7, 11) is 1.63. The van der Waals surface area contributed by atoms with E-state index < -0.39 is 0 Å². The SMILES string of the molecule is COc1ccc(-c2nc(=S)n(CCOC(=O)C3CC3)[nH]2)cc1. The summed E-state index contributed by atoms with van der Waals surface area (Å²) < 4.78 is 12.5. The smallest absolute Gasteiger partial charge is 0.308 e. The number of esters is 1. The lowest BCUT2D eigenvalue weighted by Gasteiger charge is -2.04. The van der Waals surface area contributed by atoms with Gasteiger partial charge in [-0.15, -0.1) is 0 Å². The third kappa shape index (κ3) is 3.36. The molecule has 1 aliphatic carbocycles. The molecule has 22 heavy (non-hydrogen) atoms. The highest BCUT2D eigenvalue weighted by molar-refractivity contribution is 7.71. The Labute approximate surface area is 133 Å². The minimum absolute atomic E-state index is 0.110. The van der Waals surface area contributed by atoms with Gasteiger partial charge in [0.2, 0.25) is 4.77 Å². The molecule has 0 saturated heterocycles. The van der Waals surface area contributed by atoms with Crippen molar-refractivity contribution in [2.24, 2.45) is 5.92 Å². The van der Waals surface area contributed by atoms with Gasteiger partial charge < -0.3 is 9.47 Å². The molecular weight excluding hydrogens is 302 g/mol. The van der Waals surface area contributed by atoms with Gasteiger partial charge in [0.05, 0.1) is 19.6 Å². The molecule has 0 atom stereocenters. The fourth-order valence-corrected chi connectivity index (χ4v) is 2.29. The van der Waals surface area contributed by atoms with E-state index in [0.717, 1.165) is 24.2 Å². The van der Waals surface area contributed by atoms with Crippen molar-refractivity contribution < 1.29 is 14.3 Å². The van der Waals surface area contributed by atoms with Gasteiger partial charge >= 0.3 is 5.97 Å². The number of carbonyl (C=O) groups is 1. The Hall–Kier alpha value is -2.15. The predicted octanol–water partition coefficient (Wildman–Crippen LogP) is 2.57. The zero-order valence-corrected chi connectivity index (χ0v) is 13.1. The summed E-state index contributed by atoms with van der Waals surface area (Å²) in [5.74, 6) is 1.47. The first-order valence-electron chi connectivity index (χ1n) is 7.15. The Kier molecular flexibility index (Phi) is 4.24. The van der Waals surface area contributed by atoms with E-state index in [1.807, 2.05) is 24.3 Å². The normalized spacial score (nSPS) is 13.9. The number of H-pyrrole nitrogens is 1. The van der Waals surface area contributed by atoms with Crippen LogP contribution in [0.2, 0.25) is 0 Å². The first-order chi connectivity index (χ1) is 10.7. The summed E-state index contributed by atoms with van der Waals surface area (Å²) in [6, 6.07) is 7.54. The monoisotopic (exact) mass is 319 g/mol. The van der Waals surface area contributed by atoms with E-state index in [-0.39, 0.29) is 11.9 Å². The average molecular weight is 319 g/mol. The van der Waals surface area contributed by atoms with Gasteiger partial charge in [-0.2, -0.15) is 4.98 Å². The molecule has 0 amide bonds. The molecule has 1 heterocycles. The van der Waals surface area contributed by atoms with Crippen LogP contribution in [0, 0.1) is 10.7 Å². The molecule has 0 unspecified atom stereocenters. The van der Waals surface area contributed by atoms with Gasteiger partial charge in [0.25, 0.3) is 0 Å². The van der Waals surface area contributed by atoms with Crippen molar-refractivity contribution >= 4 is 18.2 Å². The van der Waals surface area contributed by atoms with Crippen LogP contribution in [0.15, 0.2) is 24.3 Å². The topological polar surface area (TPSA) is 69.1 Å². The number of aromatic nitrogens is 3. The Balaban J connectivity index is 1.64. The van der Waals surface area contributed by atoms with Crippen molar-refractivity contribution in [3.63, 3.8) is 0 Å². The number of hydrogen-bond donors (Lipinski definition) is 1. The second kappa shape index (κ2) is 6.31. The van der Waals surface area contributed by atoms with Crippen LogP contribution >= 0.6 is 12.2 Å². The lowest BCUT2D eigenvalue weighted by atomic mass is 10.2. The lowest BCUT2D eigenvalue weighted by molar-refractivity contribution is -0.145. The number of rotatable bonds is 6. The van der Waals surface area contributed by atoms with Crippen LogP contribution in [0.5, 0.6) is 5.75 Å². The number of nitrogens with zero attached hydrogens (tertiary/aromatic N) is 2. The second-order valence-corrected chi connectivity index (χ2v) is 5.54. The number of methoxy groups -OCH3 is 1. The highest BCUT2D eigenvalue weighted by atomic mass is 32.1. The molecule has 0 aliphatic heterocycles. The third-order valence-electron chi connectivity index (χ3n) is 3.51. The zero-order valence-electron chi connectivity index (χ0n) is 12.2. The molecule has 3 rings (SSSR count). The van der Waals surface area contributed by atoms with E-state index in [9.17, 15) is 4.79 Å². The summed E-state index contributed by atoms with van der Waals surface area (Å²) in [5.41, 5.74) is 0.917. The molecule has 6 nitrogen and oxygen atoms in total. The summed E-state index contributed by atoms with van der Waals surface area (Å²) in [5, 5.41) is 3.12. The van der Waals surface area contributed by atoms with E-state index in [2.05, 4.69) is 10.1 Å². The molecule has 1 aromatic heterocycles. The van der Waals surface area contributed by atoms with Gasteiger partial charge in [-0.3, -0.25) is 14.6 Å². The Morgan fingerprint density at radius 1 is 1.41 bits per heavy atom. The molecule has 1 aromatic carbocycles. The minimum atomic E-state index is -0.110. The number of benzene rings is 1. The summed E-state index contributed by atoms with van der Waals surface area (Å²) in [6.45, 7) is 0.772. The van der Waals surface area contributed by atoms with Gasteiger partial charge in [0.1, 0.15) is 12.4 Å². The van der Waals surface area contributed by atoms with E-state index in [1.165, 1.54) is 0 Å². The molecule has 1 fully saturated rings. The van der Waals surface area contributed by atoms with E-state index in [4.69, 9.17) is 21.7 Å². The van der Waals surface area contributed by atoms with Crippen LogP contribution < -0.4 is 4.74 Å². The average Bonchev–Trinajstić information content (AvgIpc) is 3.32. The van der Waals surface area contributed by atoms with E-state index in [0.29, 0.717) is 23.7 Å². The Morgan fingerprint density at radius 2 is 2.14 bits per heavy atom. The first kappa shape index (κ1) is 14.8. The maximum atomic E-state index is 11.5.